The lowest BCUT2D eigenvalue weighted by Crippen LogP contribution is -2.13. The molecule has 0 unspecified atom stereocenters. The zero-order valence-corrected chi connectivity index (χ0v) is 8.58. The van der Waals surface area contributed by atoms with Gasteiger partial charge in [0, 0.05) is 19.5 Å². The highest BCUT2D eigenvalue weighted by atomic mass is 127. The minimum Gasteiger partial charge on any atom is -0.369 e. The molecule has 0 radical (unpaired) electrons. The number of halogens is 1. The van der Waals surface area contributed by atoms with Crippen LogP contribution in [0.15, 0.2) is 33.6 Å². The van der Waals surface area contributed by atoms with Crippen LogP contribution < -0.4 is 0 Å². The van der Waals surface area contributed by atoms with E-state index >= 15 is 0 Å². The van der Waals surface area contributed by atoms with Gasteiger partial charge in [0.1, 0.15) is 0 Å². The maximum Gasteiger partial charge on any atom is 0.0794 e. The fraction of sp³-hybridized carbons (Fsp3) is 0.333. The van der Waals surface area contributed by atoms with Crippen LogP contribution in [0.4, 0.5) is 0 Å². The molecule has 0 amide bonds. The molecule has 2 aliphatic rings. The van der Waals surface area contributed by atoms with Crippen LogP contribution in [-0.4, -0.2) is 18.5 Å². The van der Waals surface area contributed by atoms with Gasteiger partial charge in [-0.1, -0.05) is 24.3 Å². The predicted octanol–water partition coefficient (Wildman–Crippen LogP) is 2.32. The fourth-order valence-electron chi connectivity index (χ4n) is 1.56. The van der Waals surface area contributed by atoms with E-state index in [1.165, 1.54) is 9.28 Å². The molecule has 1 heterocycles. The van der Waals surface area contributed by atoms with E-state index in [1.807, 2.05) is 0 Å². The second-order valence-electron chi connectivity index (χ2n) is 2.98. The van der Waals surface area contributed by atoms with E-state index in [0.29, 0.717) is 5.92 Å². The second kappa shape index (κ2) is 2.66. The van der Waals surface area contributed by atoms with E-state index in [9.17, 15) is 0 Å². The molecule has 11 heavy (non-hydrogen) atoms. The molecule has 1 aliphatic carbocycles. The lowest BCUT2D eigenvalue weighted by atomic mass is 9.98. The van der Waals surface area contributed by atoms with E-state index in [0.717, 1.165) is 6.54 Å². The van der Waals surface area contributed by atoms with Crippen molar-refractivity contribution in [3.63, 3.8) is 0 Å². The largest absolute Gasteiger partial charge is 0.369 e. The first-order chi connectivity index (χ1) is 5.29. The van der Waals surface area contributed by atoms with E-state index in [4.69, 9.17) is 0 Å². The molecule has 0 saturated heterocycles. The first-order valence-corrected chi connectivity index (χ1v) is 4.82. The highest BCUT2D eigenvalue weighted by Crippen LogP contribution is 2.34. The quantitative estimate of drug-likeness (QED) is 0.476. The Bertz CT molecular complexity index is 263. The molecule has 1 aliphatic heterocycles. The Morgan fingerprint density at radius 3 is 3.09 bits per heavy atom. The molecule has 0 fully saturated rings. The number of allylic oxidation sites excluding steroid dienone is 3. The summed E-state index contributed by atoms with van der Waals surface area (Å²) in [6.45, 7) is 1.15. The monoisotopic (exact) mass is 259 g/mol. The Morgan fingerprint density at radius 2 is 2.36 bits per heavy atom. The van der Waals surface area contributed by atoms with Gasteiger partial charge in [-0.25, -0.2) is 0 Å². The van der Waals surface area contributed by atoms with Crippen LogP contribution in [-0.2, 0) is 0 Å². The Morgan fingerprint density at radius 1 is 1.55 bits per heavy atom. The van der Waals surface area contributed by atoms with Gasteiger partial charge in [0.25, 0.3) is 0 Å². The molecule has 1 nitrogen and oxygen atoms in total. The molecule has 0 aromatic heterocycles. The molecular formula is C9H10IN. The third-order valence-corrected chi connectivity index (χ3v) is 3.62. The predicted molar refractivity (Wildman–Crippen MR) is 55.4 cm³/mol. The zero-order chi connectivity index (χ0) is 7.84. The Labute approximate surface area is 80.6 Å². The summed E-state index contributed by atoms with van der Waals surface area (Å²) in [5.41, 5.74) is 1.48. The molecular weight excluding hydrogens is 249 g/mol. The lowest BCUT2D eigenvalue weighted by molar-refractivity contribution is 0.461. The zero-order valence-electron chi connectivity index (χ0n) is 6.42. The average Bonchev–Trinajstić information content (AvgIpc) is 2.30. The molecule has 0 N–H and O–H groups in total. The smallest absolute Gasteiger partial charge is 0.0794 e. The number of fused-ring (bicyclic) bond motifs is 1. The van der Waals surface area contributed by atoms with Crippen molar-refractivity contribution in [3.05, 3.63) is 33.6 Å². The highest BCUT2D eigenvalue weighted by Gasteiger charge is 2.24. The highest BCUT2D eigenvalue weighted by molar-refractivity contribution is 14.1. The van der Waals surface area contributed by atoms with E-state index in [-0.39, 0.29) is 0 Å². The molecule has 58 valence electrons. The first kappa shape index (κ1) is 7.40. The summed E-state index contributed by atoms with van der Waals surface area (Å²) in [6, 6.07) is 0. The summed E-state index contributed by atoms with van der Waals surface area (Å²) in [6.07, 6.45) is 8.74. The van der Waals surface area contributed by atoms with Crippen molar-refractivity contribution in [3.8, 4) is 0 Å². The lowest BCUT2D eigenvalue weighted by Gasteiger charge is -2.11. The molecule has 0 aromatic carbocycles. The molecule has 0 aromatic rings. The maximum absolute atomic E-state index is 2.41. The fourth-order valence-corrected chi connectivity index (χ4v) is 2.34. The van der Waals surface area contributed by atoms with Gasteiger partial charge in [-0.2, -0.15) is 0 Å². The van der Waals surface area contributed by atoms with Crippen LogP contribution >= 0.6 is 22.6 Å². The minimum absolute atomic E-state index is 0.650. The van der Waals surface area contributed by atoms with E-state index < -0.39 is 0 Å². The molecule has 1 atom stereocenters. The van der Waals surface area contributed by atoms with Crippen LogP contribution in [0.2, 0.25) is 0 Å². The number of nitrogens with zero attached hydrogens (tertiary/aromatic N) is 1. The minimum atomic E-state index is 0.650. The number of hydrogen-bond acceptors (Lipinski definition) is 1. The van der Waals surface area contributed by atoms with Crippen LogP contribution in [0.3, 0.4) is 0 Å². The third-order valence-electron chi connectivity index (χ3n) is 2.17. The maximum atomic E-state index is 2.41. The van der Waals surface area contributed by atoms with Crippen LogP contribution in [0.25, 0.3) is 0 Å². The Balaban J connectivity index is 2.39. The van der Waals surface area contributed by atoms with Gasteiger partial charge in [-0.3, -0.25) is 0 Å². The summed E-state index contributed by atoms with van der Waals surface area (Å²) in [4.78, 5) is 2.31. The van der Waals surface area contributed by atoms with Crippen LogP contribution in [0.5, 0.6) is 0 Å². The van der Waals surface area contributed by atoms with Crippen LogP contribution in [0, 0.1) is 5.92 Å². The molecule has 0 bridgehead atoms. The van der Waals surface area contributed by atoms with Gasteiger partial charge in [0.2, 0.25) is 0 Å². The van der Waals surface area contributed by atoms with Crippen molar-refractivity contribution >= 4 is 22.6 Å². The van der Waals surface area contributed by atoms with Gasteiger partial charge in [-0.15, -0.1) is 0 Å². The topological polar surface area (TPSA) is 3.24 Å². The summed E-state index contributed by atoms with van der Waals surface area (Å²) < 4.78 is 1.40. The van der Waals surface area contributed by atoms with Gasteiger partial charge in [-0.05, 0) is 28.2 Å². The average molecular weight is 259 g/mol. The number of rotatable bonds is 0. The van der Waals surface area contributed by atoms with Gasteiger partial charge >= 0.3 is 0 Å². The van der Waals surface area contributed by atoms with E-state index in [2.05, 4.69) is 58.8 Å². The summed E-state index contributed by atoms with van der Waals surface area (Å²) in [5.74, 6) is 0.650. The van der Waals surface area contributed by atoms with Gasteiger partial charge in [0.15, 0.2) is 0 Å². The first-order valence-electron chi connectivity index (χ1n) is 3.74. The van der Waals surface area contributed by atoms with E-state index in [1.54, 1.807) is 0 Å². The summed E-state index contributed by atoms with van der Waals surface area (Å²) >= 11 is 2.41. The summed E-state index contributed by atoms with van der Waals surface area (Å²) in [5, 5.41) is 0. The second-order valence-corrected chi connectivity index (χ2v) is 4.00. The Hall–Kier alpha value is -0.250. The Kier molecular flexibility index (Phi) is 1.79. The van der Waals surface area contributed by atoms with Crippen molar-refractivity contribution in [2.45, 2.75) is 0 Å². The van der Waals surface area contributed by atoms with Crippen LogP contribution in [0.1, 0.15) is 0 Å². The molecule has 0 saturated carbocycles. The van der Waals surface area contributed by atoms with Gasteiger partial charge in [0.05, 0.1) is 3.70 Å². The molecule has 2 heteroatoms. The molecule has 2 rings (SSSR count). The summed E-state index contributed by atoms with van der Waals surface area (Å²) in [7, 11) is 2.15. The molecule has 0 spiro atoms. The normalized spacial score (nSPS) is 28.2. The number of hydrogen-bond donors (Lipinski definition) is 0. The van der Waals surface area contributed by atoms with Crippen molar-refractivity contribution in [1.82, 2.24) is 4.90 Å². The standard InChI is InChI=1S/C9H10IN/c1-11-6-7-4-2-3-5-8(7)9(11)10/h2-5,7H,6H2,1H3/t7-/m0/s1. The van der Waals surface area contributed by atoms with Gasteiger partial charge < -0.3 is 4.90 Å². The van der Waals surface area contributed by atoms with Crippen molar-refractivity contribution in [2.75, 3.05) is 13.6 Å². The van der Waals surface area contributed by atoms with Crippen molar-refractivity contribution in [2.24, 2.45) is 5.92 Å². The SMILES string of the molecule is CN1C[C@@H]2C=CC=CC2=C1I. The van der Waals surface area contributed by atoms with Crippen molar-refractivity contribution < 1.29 is 0 Å². The van der Waals surface area contributed by atoms with Crippen molar-refractivity contribution in [1.29, 1.82) is 0 Å². The third kappa shape index (κ3) is 1.13.